The standard InChI is InChI=1S/C14H16BrClN2O/c15-11-2-1-10(7-12(11)16)14(19)17-13-8-18-5-3-9(13)4-6-18/h1-2,7,9,13H,3-6,8H2,(H,17,19). The lowest BCUT2D eigenvalue weighted by atomic mass is 9.84. The number of halogens is 2. The summed E-state index contributed by atoms with van der Waals surface area (Å²) in [6.07, 6.45) is 2.40. The molecule has 1 atom stereocenters. The molecule has 0 aliphatic carbocycles. The van der Waals surface area contributed by atoms with Crippen molar-refractivity contribution in [3.63, 3.8) is 0 Å². The molecule has 2 bridgehead atoms. The van der Waals surface area contributed by atoms with Crippen molar-refractivity contribution in [1.29, 1.82) is 0 Å². The summed E-state index contributed by atoms with van der Waals surface area (Å²) in [6, 6.07) is 5.61. The lowest BCUT2D eigenvalue weighted by molar-refractivity contribution is 0.0620. The normalized spacial score (nSPS) is 29.3. The second-order valence-corrected chi connectivity index (χ2v) is 6.61. The smallest absolute Gasteiger partial charge is 0.251 e. The summed E-state index contributed by atoms with van der Waals surface area (Å²) in [5.74, 6) is 0.619. The number of fused-ring (bicyclic) bond motifs is 3. The number of hydrogen-bond donors (Lipinski definition) is 1. The van der Waals surface area contributed by atoms with Crippen LogP contribution in [0.15, 0.2) is 22.7 Å². The summed E-state index contributed by atoms with van der Waals surface area (Å²) in [5, 5.41) is 3.73. The Labute approximate surface area is 126 Å². The first-order valence-electron chi connectivity index (χ1n) is 6.62. The van der Waals surface area contributed by atoms with E-state index in [9.17, 15) is 4.79 Å². The number of amides is 1. The number of nitrogens with one attached hydrogen (secondary N) is 1. The Balaban J connectivity index is 1.69. The predicted octanol–water partition coefficient (Wildman–Crippen LogP) is 2.93. The number of nitrogens with zero attached hydrogens (tertiary/aromatic N) is 1. The summed E-state index contributed by atoms with van der Waals surface area (Å²) in [6.45, 7) is 3.35. The molecule has 1 N–H and O–H groups in total. The third-order valence-corrected chi connectivity index (χ3v) is 5.39. The van der Waals surface area contributed by atoms with Crippen molar-refractivity contribution in [3.8, 4) is 0 Å². The Hall–Kier alpha value is -0.580. The first-order chi connectivity index (χ1) is 9.13. The fourth-order valence-electron chi connectivity index (χ4n) is 3.02. The molecule has 3 saturated heterocycles. The highest BCUT2D eigenvalue weighted by molar-refractivity contribution is 9.10. The molecule has 0 radical (unpaired) electrons. The molecule has 0 aromatic heterocycles. The quantitative estimate of drug-likeness (QED) is 0.895. The van der Waals surface area contributed by atoms with E-state index in [0.29, 0.717) is 16.5 Å². The molecule has 3 aliphatic heterocycles. The van der Waals surface area contributed by atoms with Crippen LogP contribution in [-0.4, -0.2) is 36.5 Å². The van der Waals surface area contributed by atoms with Gasteiger partial charge in [0.05, 0.1) is 5.02 Å². The average molecular weight is 344 g/mol. The molecule has 3 nitrogen and oxygen atoms in total. The maximum absolute atomic E-state index is 12.2. The van der Waals surface area contributed by atoms with Crippen LogP contribution in [0.1, 0.15) is 23.2 Å². The Morgan fingerprint density at radius 1 is 1.37 bits per heavy atom. The monoisotopic (exact) mass is 342 g/mol. The number of rotatable bonds is 2. The summed E-state index contributed by atoms with van der Waals surface area (Å²) in [5.41, 5.74) is 0.629. The molecule has 1 aromatic rings. The molecule has 1 aromatic carbocycles. The van der Waals surface area contributed by atoms with Crippen molar-refractivity contribution in [3.05, 3.63) is 33.3 Å². The van der Waals surface area contributed by atoms with E-state index in [2.05, 4.69) is 26.1 Å². The fourth-order valence-corrected chi connectivity index (χ4v) is 3.44. The number of hydrogen-bond acceptors (Lipinski definition) is 2. The van der Waals surface area contributed by atoms with Crippen molar-refractivity contribution >= 4 is 33.4 Å². The van der Waals surface area contributed by atoms with Crippen LogP contribution in [-0.2, 0) is 0 Å². The highest BCUT2D eigenvalue weighted by Gasteiger charge is 2.34. The summed E-state index contributed by atoms with van der Waals surface area (Å²) >= 11 is 9.36. The second-order valence-electron chi connectivity index (χ2n) is 5.35. The molecule has 102 valence electrons. The first kappa shape index (κ1) is 13.4. The maximum atomic E-state index is 12.2. The van der Waals surface area contributed by atoms with Gasteiger partial charge in [-0.1, -0.05) is 11.6 Å². The van der Waals surface area contributed by atoms with Gasteiger partial charge < -0.3 is 10.2 Å². The number of benzene rings is 1. The largest absolute Gasteiger partial charge is 0.348 e. The minimum atomic E-state index is -0.0202. The lowest BCUT2D eigenvalue weighted by Crippen LogP contribution is -2.57. The van der Waals surface area contributed by atoms with Crippen LogP contribution in [0.3, 0.4) is 0 Å². The van der Waals surface area contributed by atoms with E-state index in [1.807, 2.05) is 6.07 Å². The van der Waals surface area contributed by atoms with Gasteiger partial charge in [0.1, 0.15) is 0 Å². The molecule has 5 heteroatoms. The molecule has 1 amide bonds. The number of carbonyl (C=O) groups is 1. The van der Waals surface area contributed by atoms with Crippen LogP contribution >= 0.6 is 27.5 Å². The SMILES string of the molecule is O=C(NC1CN2CCC1CC2)c1ccc(Br)c(Cl)c1. The Morgan fingerprint density at radius 3 is 2.68 bits per heavy atom. The van der Waals surface area contributed by atoms with Gasteiger partial charge in [-0.2, -0.15) is 0 Å². The van der Waals surface area contributed by atoms with Gasteiger partial charge in [0, 0.05) is 22.6 Å². The van der Waals surface area contributed by atoms with E-state index < -0.39 is 0 Å². The van der Waals surface area contributed by atoms with Crippen molar-refractivity contribution in [1.82, 2.24) is 10.2 Å². The third-order valence-electron chi connectivity index (χ3n) is 4.15. The topological polar surface area (TPSA) is 32.3 Å². The average Bonchev–Trinajstić information content (AvgIpc) is 2.43. The zero-order valence-corrected chi connectivity index (χ0v) is 12.9. The van der Waals surface area contributed by atoms with Crippen LogP contribution in [0.25, 0.3) is 0 Å². The van der Waals surface area contributed by atoms with Crippen molar-refractivity contribution in [2.45, 2.75) is 18.9 Å². The molecule has 3 heterocycles. The zero-order chi connectivity index (χ0) is 13.4. The van der Waals surface area contributed by atoms with Gasteiger partial charge in [-0.05, 0) is 66.0 Å². The third kappa shape index (κ3) is 2.81. The van der Waals surface area contributed by atoms with Crippen molar-refractivity contribution in [2.75, 3.05) is 19.6 Å². The number of piperidine rings is 3. The molecule has 0 saturated carbocycles. The van der Waals surface area contributed by atoms with Crippen LogP contribution < -0.4 is 5.32 Å². The Bertz CT molecular complexity index is 500. The van der Waals surface area contributed by atoms with Gasteiger partial charge in [0.15, 0.2) is 0 Å². The lowest BCUT2D eigenvalue weighted by Gasteiger charge is -2.44. The van der Waals surface area contributed by atoms with Crippen LogP contribution in [0.2, 0.25) is 5.02 Å². The molecule has 3 fully saturated rings. The van der Waals surface area contributed by atoms with Crippen LogP contribution in [0.4, 0.5) is 0 Å². The van der Waals surface area contributed by atoms with E-state index >= 15 is 0 Å². The molecule has 19 heavy (non-hydrogen) atoms. The maximum Gasteiger partial charge on any atom is 0.251 e. The minimum absolute atomic E-state index is 0.0202. The van der Waals surface area contributed by atoms with E-state index in [1.54, 1.807) is 12.1 Å². The molecule has 3 aliphatic rings. The highest BCUT2D eigenvalue weighted by atomic mass is 79.9. The number of carbonyl (C=O) groups excluding carboxylic acids is 1. The summed E-state index contributed by atoms with van der Waals surface area (Å²) in [4.78, 5) is 14.7. The molecule has 4 rings (SSSR count). The first-order valence-corrected chi connectivity index (χ1v) is 7.79. The van der Waals surface area contributed by atoms with E-state index in [4.69, 9.17) is 11.6 Å². The van der Waals surface area contributed by atoms with E-state index in [1.165, 1.54) is 25.9 Å². The van der Waals surface area contributed by atoms with E-state index in [-0.39, 0.29) is 11.9 Å². The minimum Gasteiger partial charge on any atom is -0.348 e. The van der Waals surface area contributed by atoms with Gasteiger partial charge in [-0.3, -0.25) is 4.79 Å². The van der Waals surface area contributed by atoms with E-state index in [0.717, 1.165) is 11.0 Å². The zero-order valence-electron chi connectivity index (χ0n) is 10.5. The van der Waals surface area contributed by atoms with Gasteiger partial charge in [0.25, 0.3) is 5.91 Å². The van der Waals surface area contributed by atoms with Gasteiger partial charge in [-0.25, -0.2) is 0 Å². The van der Waals surface area contributed by atoms with Gasteiger partial charge in [-0.15, -0.1) is 0 Å². The van der Waals surface area contributed by atoms with Gasteiger partial charge >= 0.3 is 0 Å². The van der Waals surface area contributed by atoms with Crippen molar-refractivity contribution < 1.29 is 4.79 Å². The highest BCUT2D eigenvalue weighted by Crippen LogP contribution is 2.28. The Kier molecular flexibility index (Phi) is 3.83. The Morgan fingerprint density at radius 2 is 2.11 bits per heavy atom. The summed E-state index contributed by atoms with van der Waals surface area (Å²) in [7, 11) is 0. The molecule has 1 unspecified atom stereocenters. The molecule has 0 spiro atoms. The second kappa shape index (κ2) is 5.43. The molecular weight excluding hydrogens is 328 g/mol. The summed E-state index contributed by atoms with van der Waals surface area (Å²) < 4.78 is 0.813. The van der Waals surface area contributed by atoms with Crippen LogP contribution in [0.5, 0.6) is 0 Å². The fraction of sp³-hybridized carbons (Fsp3) is 0.500. The van der Waals surface area contributed by atoms with Crippen LogP contribution in [0, 0.1) is 5.92 Å². The van der Waals surface area contributed by atoms with Gasteiger partial charge in [0.2, 0.25) is 0 Å². The van der Waals surface area contributed by atoms with Crippen molar-refractivity contribution in [2.24, 2.45) is 5.92 Å². The molecular formula is C14H16BrClN2O. The predicted molar refractivity (Wildman–Crippen MR) is 79.6 cm³/mol.